The number of alkyl halides is 2. The van der Waals surface area contributed by atoms with Crippen molar-refractivity contribution in [2.24, 2.45) is 0 Å². The molecule has 5 rings (SSSR count). The minimum absolute atomic E-state index is 0.276. The summed E-state index contributed by atoms with van der Waals surface area (Å²) in [4.78, 5) is 3.93. The molecular weight excluding hydrogens is 379 g/mol. The summed E-state index contributed by atoms with van der Waals surface area (Å²) in [7, 11) is 0. The van der Waals surface area contributed by atoms with Crippen LogP contribution in [0.2, 0.25) is 0 Å². The van der Waals surface area contributed by atoms with Crippen molar-refractivity contribution in [2.75, 3.05) is 0 Å². The number of hydrogen-bond acceptors (Lipinski definition) is 3. The molecule has 0 aliphatic heterocycles. The van der Waals surface area contributed by atoms with Crippen LogP contribution in [0.1, 0.15) is 17.8 Å². The molecule has 0 saturated heterocycles. The lowest BCUT2D eigenvalue weighted by atomic mass is 10.1. The molecule has 0 bridgehead atoms. The van der Waals surface area contributed by atoms with Crippen LogP contribution in [0.5, 0.6) is 0 Å². The van der Waals surface area contributed by atoms with E-state index in [1.807, 2.05) is 25.1 Å². The Labute approximate surface area is 163 Å². The second-order valence-electron chi connectivity index (χ2n) is 6.69. The van der Waals surface area contributed by atoms with E-state index in [1.165, 1.54) is 16.6 Å². The van der Waals surface area contributed by atoms with Gasteiger partial charge in [0, 0.05) is 10.9 Å². The molecule has 5 nitrogen and oxygen atoms in total. The van der Waals surface area contributed by atoms with Crippen molar-refractivity contribution in [1.82, 2.24) is 24.4 Å². The van der Waals surface area contributed by atoms with E-state index in [1.54, 1.807) is 35.1 Å². The quantitative estimate of drug-likeness (QED) is 0.427. The van der Waals surface area contributed by atoms with Crippen molar-refractivity contribution >= 4 is 16.6 Å². The van der Waals surface area contributed by atoms with E-state index >= 15 is 0 Å². The Bertz CT molecular complexity index is 1350. The largest absolute Gasteiger partial charge is 0.299 e. The fourth-order valence-corrected chi connectivity index (χ4v) is 3.52. The van der Waals surface area contributed by atoms with Gasteiger partial charge in [0.25, 0.3) is 6.43 Å². The summed E-state index contributed by atoms with van der Waals surface area (Å²) in [6.45, 7) is 1.95. The fraction of sp³-hybridized carbons (Fsp3) is 0.0952. The molecule has 0 radical (unpaired) electrons. The molecule has 0 aliphatic rings. The Balaban J connectivity index is 1.89. The van der Waals surface area contributed by atoms with E-state index < -0.39 is 12.2 Å². The van der Waals surface area contributed by atoms with Crippen LogP contribution in [0.3, 0.4) is 0 Å². The molecule has 0 aliphatic carbocycles. The maximum Gasteiger partial charge on any atom is 0.299 e. The monoisotopic (exact) mass is 393 g/mol. The van der Waals surface area contributed by atoms with Crippen LogP contribution in [-0.2, 0) is 0 Å². The molecule has 0 amide bonds. The average Bonchev–Trinajstić information content (AvgIpc) is 3.33. The van der Waals surface area contributed by atoms with E-state index in [4.69, 9.17) is 0 Å². The van der Waals surface area contributed by atoms with Gasteiger partial charge in [-0.25, -0.2) is 22.8 Å². The number of nitrogens with zero attached hydrogens (tertiary/aromatic N) is 5. The van der Waals surface area contributed by atoms with Gasteiger partial charge in [-0.2, -0.15) is 9.61 Å². The first-order valence-corrected chi connectivity index (χ1v) is 8.90. The second kappa shape index (κ2) is 6.44. The summed E-state index contributed by atoms with van der Waals surface area (Å²) in [6, 6.07) is 15.1. The first-order chi connectivity index (χ1) is 14.0. The highest BCUT2D eigenvalue weighted by molar-refractivity contribution is 5.85. The van der Waals surface area contributed by atoms with Crippen molar-refractivity contribution in [3.05, 3.63) is 78.0 Å². The van der Waals surface area contributed by atoms with Gasteiger partial charge in [0.1, 0.15) is 5.82 Å². The molecule has 144 valence electrons. The van der Waals surface area contributed by atoms with Gasteiger partial charge in [-0.1, -0.05) is 30.3 Å². The molecule has 2 aromatic carbocycles. The summed E-state index contributed by atoms with van der Waals surface area (Å²) < 4.78 is 43.0. The second-order valence-corrected chi connectivity index (χ2v) is 6.69. The third-order valence-corrected chi connectivity index (χ3v) is 4.83. The van der Waals surface area contributed by atoms with E-state index in [0.717, 1.165) is 16.5 Å². The zero-order chi connectivity index (χ0) is 20.1. The number of pyridine rings is 1. The fourth-order valence-electron chi connectivity index (χ4n) is 3.52. The van der Waals surface area contributed by atoms with Gasteiger partial charge in [-0.05, 0) is 42.3 Å². The predicted octanol–water partition coefficient (Wildman–Crippen LogP) is 5.12. The number of fused-ring (bicyclic) bond motifs is 2. The molecule has 3 aromatic heterocycles. The molecule has 0 saturated carbocycles. The number of rotatable bonds is 3. The van der Waals surface area contributed by atoms with Gasteiger partial charge in [0.05, 0.1) is 11.7 Å². The Morgan fingerprint density at radius 2 is 1.76 bits per heavy atom. The van der Waals surface area contributed by atoms with E-state index in [-0.39, 0.29) is 11.5 Å². The van der Waals surface area contributed by atoms with Crippen molar-refractivity contribution in [1.29, 1.82) is 0 Å². The third-order valence-electron chi connectivity index (χ3n) is 4.83. The summed E-state index contributed by atoms with van der Waals surface area (Å²) in [6.07, 6.45) is -1.09. The van der Waals surface area contributed by atoms with Crippen LogP contribution in [0, 0.1) is 12.7 Å². The lowest BCUT2D eigenvalue weighted by Crippen LogP contribution is -2.08. The van der Waals surface area contributed by atoms with Crippen LogP contribution in [0.25, 0.3) is 33.5 Å². The minimum atomic E-state index is -2.80. The molecule has 8 heteroatoms. The van der Waals surface area contributed by atoms with Crippen molar-refractivity contribution in [3.63, 3.8) is 0 Å². The average molecular weight is 393 g/mol. The van der Waals surface area contributed by atoms with Crippen LogP contribution < -0.4 is 0 Å². The number of halogens is 3. The zero-order valence-electron chi connectivity index (χ0n) is 15.2. The highest BCUT2D eigenvalue weighted by Gasteiger charge is 2.21. The van der Waals surface area contributed by atoms with Gasteiger partial charge in [-0.15, -0.1) is 5.10 Å². The Morgan fingerprint density at radius 1 is 0.966 bits per heavy atom. The zero-order valence-corrected chi connectivity index (χ0v) is 15.2. The molecule has 29 heavy (non-hydrogen) atoms. The number of aromatic nitrogens is 5. The van der Waals surface area contributed by atoms with E-state index in [0.29, 0.717) is 16.9 Å². The van der Waals surface area contributed by atoms with Crippen molar-refractivity contribution in [2.45, 2.75) is 13.3 Å². The van der Waals surface area contributed by atoms with Crippen LogP contribution in [0.15, 0.2) is 60.8 Å². The summed E-state index contributed by atoms with van der Waals surface area (Å²) >= 11 is 0. The Kier molecular flexibility index (Phi) is 3.87. The van der Waals surface area contributed by atoms with E-state index in [9.17, 15) is 13.2 Å². The molecule has 5 aromatic rings. The van der Waals surface area contributed by atoms with Gasteiger partial charge in [-0.3, -0.25) is 0 Å². The van der Waals surface area contributed by atoms with Gasteiger partial charge < -0.3 is 0 Å². The van der Waals surface area contributed by atoms with E-state index in [2.05, 4.69) is 15.2 Å². The van der Waals surface area contributed by atoms with Crippen LogP contribution in [-0.4, -0.2) is 24.4 Å². The highest BCUT2D eigenvalue weighted by Crippen LogP contribution is 2.31. The topological polar surface area (TPSA) is 48.0 Å². The van der Waals surface area contributed by atoms with Crippen LogP contribution >= 0.6 is 0 Å². The molecule has 0 N–H and O–H groups in total. The molecular formula is C21H14F3N5. The number of para-hydroxylation sites is 1. The first kappa shape index (κ1) is 17.4. The minimum Gasteiger partial charge on any atom is -0.214 e. The number of aryl methyl sites for hydroxylation is 1. The predicted molar refractivity (Wildman–Crippen MR) is 103 cm³/mol. The molecule has 0 unspecified atom stereocenters. The lowest BCUT2D eigenvalue weighted by Gasteiger charge is -2.13. The maximum atomic E-state index is 13.5. The van der Waals surface area contributed by atoms with Crippen molar-refractivity contribution in [3.8, 4) is 16.9 Å². The summed E-state index contributed by atoms with van der Waals surface area (Å²) in [5, 5.41) is 9.43. The van der Waals surface area contributed by atoms with Gasteiger partial charge >= 0.3 is 0 Å². The normalized spacial score (nSPS) is 11.8. The SMILES string of the molecule is Cc1cccc2cnn(-c3c(-c4ccc(F)cc4)ccc4nc(C(F)F)nn34)c12. The standard InChI is InChI=1S/C21H14F3N5/c1-12-3-2-4-14-11-25-29(18(12)14)21-16(13-5-7-15(22)8-6-13)9-10-17-26-20(19(23)24)27-28(17)21/h2-11,19H,1H3. The number of hydrogen-bond donors (Lipinski definition) is 0. The lowest BCUT2D eigenvalue weighted by molar-refractivity contribution is 0.140. The Morgan fingerprint density at radius 3 is 2.52 bits per heavy atom. The Hall–Kier alpha value is -3.68. The molecule has 0 spiro atoms. The molecule has 0 fully saturated rings. The number of benzene rings is 2. The highest BCUT2D eigenvalue weighted by atomic mass is 19.3. The first-order valence-electron chi connectivity index (χ1n) is 8.90. The third kappa shape index (κ3) is 2.75. The summed E-state index contributed by atoms with van der Waals surface area (Å²) in [5.41, 5.74) is 3.44. The summed E-state index contributed by atoms with van der Waals surface area (Å²) in [5.74, 6) is -0.467. The smallest absolute Gasteiger partial charge is 0.214 e. The van der Waals surface area contributed by atoms with Crippen molar-refractivity contribution < 1.29 is 13.2 Å². The van der Waals surface area contributed by atoms with Gasteiger partial charge in [0.15, 0.2) is 11.5 Å². The molecule has 0 atom stereocenters. The van der Waals surface area contributed by atoms with Gasteiger partial charge in [0.2, 0.25) is 5.82 Å². The van der Waals surface area contributed by atoms with Crippen LogP contribution in [0.4, 0.5) is 13.2 Å². The molecule has 3 heterocycles. The maximum absolute atomic E-state index is 13.5.